The van der Waals surface area contributed by atoms with Gasteiger partial charge in [-0.05, 0) is 44.1 Å². The second-order valence-electron chi connectivity index (χ2n) is 6.97. The van der Waals surface area contributed by atoms with Crippen molar-refractivity contribution >= 4 is 35.3 Å². The number of Topliss-reactive ketones (excluding diaryl/α,β-unsaturated/α-hetero) is 1. The van der Waals surface area contributed by atoms with Gasteiger partial charge in [-0.3, -0.25) is 9.59 Å². The first-order chi connectivity index (χ1) is 13.9. The van der Waals surface area contributed by atoms with E-state index in [2.05, 4.69) is 0 Å². The van der Waals surface area contributed by atoms with Crippen molar-refractivity contribution in [2.24, 2.45) is 0 Å². The van der Waals surface area contributed by atoms with Gasteiger partial charge in [-0.15, -0.1) is 11.8 Å². The van der Waals surface area contributed by atoms with Gasteiger partial charge < -0.3 is 19.7 Å². The Balaban J connectivity index is 1.69. The highest BCUT2D eigenvalue weighted by atomic mass is 32.2. The van der Waals surface area contributed by atoms with E-state index in [1.165, 1.54) is 6.92 Å². The monoisotopic (exact) mass is 442 g/mol. The summed E-state index contributed by atoms with van der Waals surface area (Å²) in [5.74, 6) is 1.70. The molecule has 0 aliphatic carbocycles. The number of thioether (sulfide) groups is 2. The highest BCUT2D eigenvalue weighted by Crippen LogP contribution is 2.34. The minimum Gasteiger partial charge on any atom is -0.507 e. The SMILES string of the molecule is CCCc1c(OCCCSCC2COC(CCC(=O)O)S2)ccc(C(C)=O)c1O. The fraction of sp³-hybridized carbons (Fsp3) is 0.619. The molecule has 2 unspecified atom stereocenters. The highest BCUT2D eigenvalue weighted by molar-refractivity contribution is 8.03. The summed E-state index contributed by atoms with van der Waals surface area (Å²) in [6, 6.07) is 3.40. The van der Waals surface area contributed by atoms with Crippen LogP contribution in [0.4, 0.5) is 0 Å². The fourth-order valence-electron chi connectivity index (χ4n) is 3.07. The number of hydrogen-bond donors (Lipinski definition) is 2. The van der Waals surface area contributed by atoms with Crippen LogP contribution in [0.5, 0.6) is 11.5 Å². The largest absolute Gasteiger partial charge is 0.507 e. The maximum Gasteiger partial charge on any atom is 0.303 e. The molecular weight excluding hydrogens is 412 g/mol. The standard InChI is InChI=1S/C21H30O6S2/c1-3-5-17-18(7-6-16(14(2)22)21(17)25)26-10-4-11-28-13-15-12-27-20(29-15)9-8-19(23)24/h6-7,15,20,25H,3-5,8-13H2,1-2H3,(H,23,24). The third-order valence-electron chi connectivity index (χ3n) is 4.52. The van der Waals surface area contributed by atoms with Crippen molar-refractivity contribution in [2.45, 2.75) is 56.6 Å². The van der Waals surface area contributed by atoms with Gasteiger partial charge in [0.1, 0.15) is 16.9 Å². The lowest BCUT2D eigenvalue weighted by Gasteiger charge is -2.14. The molecule has 1 aromatic rings. The number of carbonyl (C=O) groups is 2. The zero-order chi connectivity index (χ0) is 21.2. The summed E-state index contributed by atoms with van der Waals surface area (Å²) in [5.41, 5.74) is 1.05. The summed E-state index contributed by atoms with van der Waals surface area (Å²) < 4.78 is 11.5. The van der Waals surface area contributed by atoms with Crippen LogP contribution >= 0.6 is 23.5 Å². The van der Waals surface area contributed by atoms with Gasteiger partial charge in [0.2, 0.25) is 0 Å². The number of rotatable bonds is 13. The van der Waals surface area contributed by atoms with Crippen molar-refractivity contribution in [1.29, 1.82) is 0 Å². The third kappa shape index (κ3) is 7.75. The molecule has 162 valence electrons. The fourth-order valence-corrected chi connectivity index (χ4v) is 5.52. The van der Waals surface area contributed by atoms with Gasteiger partial charge in [0.15, 0.2) is 5.78 Å². The third-order valence-corrected chi connectivity index (χ3v) is 7.31. The predicted molar refractivity (Wildman–Crippen MR) is 118 cm³/mol. The van der Waals surface area contributed by atoms with Gasteiger partial charge in [0.05, 0.1) is 18.8 Å². The molecule has 0 amide bonds. The van der Waals surface area contributed by atoms with Crippen LogP contribution < -0.4 is 4.74 Å². The van der Waals surface area contributed by atoms with Crippen LogP contribution in [0.1, 0.15) is 55.5 Å². The summed E-state index contributed by atoms with van der Waals surface area (Å²) in [6.45, 7) is 4.71. The molecule has 6 nitrogen and oxygen atoms in total. The van der Waals surface area contributed by atoms with Gasteiger partial charge in [0, 0.05) is 23.0 Å². The van der Waals surface area contributed by atoms with Crippen LogP contribution in [0.2, 0.25) is 0 Å². The summed E-state index contributed by atoms with van der Waals surface area (Å²) >= 11 is 3.58. The minimum absolute atomic E-state index is 0.00247. The number of ketones is 1. The van der Waals surface area contributed by atoms with Gasteiger partial charge in [-0.1, -0.05) is 13.3 Å². The number of phenolic OH excluding ortho intramolecular Hbond substituents is 1. The van der Waals surface area contributed by atoms with Crippen LogP contribution in [0.25, 0.3) is 0 Å². The van der Waals surface area contributed by atoms with E-state index in [0.717, 1.165) is 24.3 Å². The van der Waals surface area contributed by atoms with Crippen LogP contribution in [-0.2, 0) is 16.0 Å². The molecule has 0 spiro atoms. The number of carbonyl (C=O) groups excluding carboxylic acids is 1. The number of hydrogen-bond acceptors (Lipinski definition) is 7. The molecule has 0 saturated carbocycles. The Morgan fingerprint density at radius 1 is 1.38 bits per heavy atom. The number of benzene rings is 1. The first-order valence-electron chi connectivity index (χ1n) is 9.97. The van der Waals surface area contributed by atoms with Crippen molar-refractivity contribution in [3.63, 3.8) is 0 Å². The summed E-state index contributed by atoms with van der Waals surface area (Å²) in [7, 11) is 0. The second kappa shape index (κ2) is 12.3. The molecule has 0 radical (unpaired) electrons. The molecule has 1 aliphatic heterocycles. The number of phenols is 1. The van der Waals surface area contributed by atoms with E-state index < -0.39 is 5.97 Å². The quantitative estimate of drug-likeness (QED) is 0.344. The van der Waals surface area contributed by atoms with Crippen LogP contribution in [0.3, 0.4) is 0 Å². The number of carboxylic acid groups (broad SMARTS) is 1. The van der Waals surface area contributed by atoms with E-state index in [0.29, 0.717) is 48.2 Å². The maximum atomic E-state index is 11.6. The lowest BCUT2D eigenvalue weighted by atomic mass is 10.0. The Bertz CT molecular complexity index is 694. The molecule has 29 heavy (non-hydrogen) atoms. The highest BCUT2D eigenvalue weighted by Gasteiger charge is 2.26. The van der Waals surface area contributed by atoms with E-state index in [9.17, 15) is 14.7 Å². The molecule has 1 fully saturated rings. The molecule has 0 aromatic heterocycles. The van der Waals surface area contributed by atoms with E-state index in [-0.39, 0.29) is 23.4 Å². The Morgan fingerprint density at radius 2 is 2.17 bits per heavy atom. The van der Waals surface area contributed by atoms with Gasteiger partial charge in [0.25, 0.3) is 0 Å². The minimum atomic E-state index is -0.779. The number of carboxylic acids is 1. The first-order valence-corrected chi connectivity index (χ1v) is 12.1. The van der Waals surface area contributed by atoms with E-state index in [4.69, 9.17) is 14.6 Å². The first kappa shape index (κ1) is 23.9. The zero-order valence-corrected chi connectivity index (χ0v) is 18.7. The average Bonchev–Trinajstić information content (AvgIpc) is 3.13. The zero-order valence-electron chi connectivity index (χ0n) is 17.0. The summed E-state index contributed by atoms with van der Waals surface area (Å²) in [6.07, 6.45) is 3.11. The van der Waals surface area contributed by atoms with Crippen molar-refractivity contribution in [3.8, 4) is 11.5 Å². The Kier molecular flexibility index (Phi) is 10.2. The van der Waals surface area contributed by atoms with Crippen molar-refractivity contribution < 1.29 is 29.3 Å². The van der Waals surface area contributed by atoms with Crippen molar-refractivity contribution in [1.82, 2.24) is 0 Å². The normalized spacial score (nSPS) is 18.7. The molecule has 1 aliphatic rings. The molecule has 8 heteroatoms. The second-order valence-corrected chi connectivity index (χ2v) is 9.59. The molecule has 2 N–H and O–H groups in total. The molecular formula is C21H30O6S2. The average molecular weight is 443 g/mol. The molecule has 2 rings (SSSR count). The molecule has 1 aromatic carbocycles. The van der Waals surface area contributed by atoms with Gasteiger partial charge in [-0.25, -0.2) is 0 Å². The molecule has 1 heterocycles. The van der Waals surface area contributed by atoms with Crippen LogP contribution in [-0.4, -0.2) is 57.4 Å². The topological polar surface area (TPSA) is 93.1 Å². The Hall–Kier alpha value is -1.38. The van der Waals surface area contributed by atoms with E-state index >= 15 is 0 Å². The van der Waals surface area contributed by atoms with E-state index in [1.54, 1.807) is 23.9 Å². The lowest BCUT2D eigenvalue weighted by molar-refractivity contribution is -0.137. The van der Waals surface area contributed by atoms with Crippen LogP contribution in [0.15, 0.2) is 12.1 Å². The smallest absolute Gasteiger partial charge is 0.303 e. The number of ether oxygens (including phenoxy) is 2. The maximum absolute atomic E-state index is 11.6. The predicted octanol–water partition coefficient (Wildman–Crippen LogP) is 4.37. The Morgan fingerprint density at radius 3 is 2.86 bits per heavy atom. The lowest BCUT2D eigenvalue weighted by Crippen LogP contribution is -2.08. The van der Waals surface area contributed by atoms with Crippen molar-refractivity contribution in [3.05, 3.63) is 23.3 Å². The molecule has 1 saturated heterocycles. The van der Waals surface area contributed by atoms with E-state index in [1.807, 2.05) is 18.7 Å². The Labute approximate surface area is 180 Å². The molecule has 0 bridgehead atoms. The summed E-state index contributed by atoms with van der Waals surface area (Å²) in [5, 5.41) is 19.5. The summed E-state index contributed by atoms with van der Waals surface area (Å²) in [4.78, 5) is 22.2. The van der Waals surface area contributed by atoms with Gasteiger partial charge in [-0.2, -0.15) is 11.8 Å². The number of aromatic hydroxyl groups is 1. The van der Waals surface area contributed by atoms with Crippen molar-refractivity contribution in [2.75, 3.05) is 24.7 Å². The molecule has 2 atom stereocenters. The number of aliphatic carboxylic acids is 1. The van der Waals surface area contributed by atoms with Gasteiger partial charge >= 0.3 is 5.97 Å². The van der Waals surface area contributed by atoms with Crippen LogP contribution in [0, 0.1) is 0 Å².